The number of hydrogen-bond acceptors (Lipinski definition) is 3. The van der Waals surface area contributed by atoms with Gasteiger partial charge >= 0.3 is 0 Å². The molecule has 136 valence electrons. The van der Waals surface area contributed by atoms with Crippen molar-refractivity contribution in [3.8, 4) is 5.75 Å². The summed E-state index contributed by atoms with van der Waals surface area (Å²) in [6.07, 6.45) is 2.81. The Morgan fingerprint density at radius 3 is 2.62 bits per heavy atom. The summed E-state index contributed by atoms with van der Waals surface area (Å²) in [4.78, 5) is 4.49. The van der Waals surface area contributed by atoms with Crippen molar-refractivity contribution in [3.05, 3.63) is 29.8 Å². The molecule has 1 aliphatic carbocycles. The molecule has 1 aromatic carbocycles. The summed E-state index contributed by atoms with van der Waals surface area (Å²) in [6, 6.07) is 8.01. The van der Waals surface area contributed by atoms with Crippen LogP contribution in [0.1, 0.15) is 38.7 Å². The van der Waals surface area contributed by atoms with E-state index >= 15 is 0 Å². The topological polar surface area (TPSA) is 65.9 Å². The van der Waals surface area contributed by atoms with E-state index in [0.29, 0.717) is 13.1 Å². The molecule has 24 heavy (non-hydrogen) atoms. The molecule has 0 saturated heterocycles. The molecule has 0 aliphatic heterocycles. The predicted molar refractivity (Wildman–Crippen MR) is 109 cm³/mol. The molecule has 0 heterocycles. The molecule has 1 aromatic rings. The zero-order chi connectivity index (χ0) is 16.7. The van der Waals surface area contributed by atoms with Crippen molar-refractivity contribution in [3.63, 3.8) is 0 Å². The Morgan fingerprint density at radius 2 is 2.04 bits per heavy atom. The second kappa shape index (κ2) is 10.1. The van der Waals surface area contributed by atoms with Gasteiger partial charge in [-0.2, -0.15) is 0 Å². The quantitative estimate of drug-likeness (QED) is 0.342. The number of guanidine groups is 1. The Labute approximate surface area is 162 Å². The van der Waals surface area contributed by atoms with Crippen LogP contribution in [0.15, 0.2) is 29.3 Å². The van der Waals surface area contributed by atoms with Gasteiger partial charge in [-0.1, -0.05) is 18.2 Å². The highest BCUT2D eigenvalue weighted by Crippen LogP contribution is 2.31. The number of aryl methyl sites for hydroxylation is 1. The van der Waals surface area contributed by atoms with Gasteiger partial charge in [0.05, 0.1) is 18.7 Å². The van der Waals surface area contributed by atoms with Crippen molar-refractivity contribution >= 4 is 29.9 Å². The monoisotopic (exact) mass is 447 g/mol. The first kappa shape index (κ1) is 21.0. The Balaban J connectivity index is 0.00000288. The van der Waals surface area contributed by atoms with Crippen LogP contribution in [0.25, 0.3) is 0 Å². The normalized spacial score (nSPS) is 17.2. The number of para-hydroxylation sites is 1. The number of ether oxygens (including phenoxy) is 1. The summed E-state index contributed by atoms with van der Waals surface area (Å²) in [6.45, 7) is 8.00. The Bertz CT molecular complexity index is 533. The van der Waals surface area contributed by atoms with E-state index in [4.69, 9.17) is 4.74 Å². The smallest absolute Gasteiger partial charge is 0.191 e. The number of rotatable bonds is 7. The van der Waals surface area contributed by atoms with E-state index in [0.717, 1.165) is 43.1 Å². The molecule has 0 amide bonds. The molecular formula is C18H30IN3O2. The molecule has 0 spiro atoms. The summed E-state index contributed by atoms with van der Waals surface area (Å²) in [5.74, 6) is 1.64. The fourth-order valence-corrected chi connectivity index (χ4v) is 2.50. The van der Waals surface area contributed by atoms with Crippen molar-refractivity contribution in [2.75, 3.05) is 19.6 Å². The van der Waals surface area contributed by atoms with E-state index in [2.05, 4.69) is 15.6 Å². The van der Waals surface area contributed by atoms with Gasteiger partial charge in [0, 0.05) is 6.54 Å². The first-order valence-electron chi connectivity index (χ1n) is 8.49. The lowest BCUT2D eigenvalue weighted by molar-refractivity contribution is -0.0236. The van der Waals surface area contributed by atoms with E-state index in [1.165, 1.54) is 0 Å². The lowest BCUT2D eigenvalue weighted by atomic mass is 9.80. The number of hydrogen-bond donors (Lipinski definition) is 3. The molecule has 0 aromatic heterocycles. The average Bonchev–Trinajstić information content (AvgIpc) is 2.50. The largest absolute Gasteiger partial charge is 0.489 e. The van der Waals surface area contributed by atoms with Crippen LogP contribution in [0.4, 0.5) is 0 Å². The number of nitrogens with one attached hydrogen (secondary N) is 2. The van der Waals surface area contributed by atoms with Gasteiger partial charge in [-0.15, -0.1) is 24.0 Å². The van der Waals surface area contributed by atoms with Crippen LogP contribution in [0.5, 0.6) is 5.75 Å². The molecule has 1 fully saturated rings. The van der Waals surface area contributed by atoms with E-state index in [1.807, 2.05) is 45.0 Å². The molecule has 1 atom stereocenters. The third kappa shape index (κ3) is 6.47. The minimum absolute atomic E-state index is 0. The van der Waals surface area contributed by atoms with Gasteiger partial charge in [0.1, 0.15) is 11.9 Å². The third-order valence-corrected chi connectivity index (χ3v) is 4.14. The van der Waals surface area contributed by atoms with Gasteiger partial charge < -0.3 is 20.5 Å². The standard InChI is InChI=1S/C18H29N3O2.HI/c1-4-19-17(21-13-18(22)10-7-11-18)20-12-15(3)23-16-9-6-5-8-14(16)2;/h5-6,8-9,15,22H,4,7,10-13H2,1-3H3,(H2,19,20,21);1H. The first-order valence-corrected chi connectivity index (χ1v) is 8.49. The maximum atomic E-state index is 10.1. The van der Waals surface area contributed by atoms with Crippen LogP contribution in [0.2, 0.25) is 0 Å². The highest BCUT2D eigenvalue weighted by molar-refractivity contribution is 14.0. The number of benzene rings is 1. The summed E-state index contributed by atoms with van der Waals surface area (Å²) in [5.41, 5.74) is 0.540. The van der Waals surface area contributed by atoms with Crippen LogP contribution < -0.4 is 15.4 Å². The number of nitrogens with zero attached hydrogens (tertiary/aromatic N) is 1. The van der Waals surface area contributed by atoms with Gasteiger partial charge in [0.2, 0.25) is 0 Å². The molecular weight excluding hydrogens is 417 g/mol. The molecule has 5 nitrogen and oxygen atoms in total. The van der Waals surface area contributed by atoms with Crippen molar-refractivity contribution in [2.24, 2.45) is 4.99 Å². The maximum Gasteiger partial charge on any atom is 0.191 e. The first-order chi connectivity index (χ1) is 11.0. The molecule has 2 rings (SSSR count). The molecule has 6 heteroatoms. The number of aliphatic hydroxyl groups is 1. The van der Waals surface area contributed by atoms with Crippen molar-refractivity contribution in [1.82, 2.24) is 10.6 Å². The second-order valence-corrected chi connectivity index (χ2v) is 6.35. The van der Waals surface area contributed by atoms with Crippen molar-refractivity contribution < 1.29 is 9.84 Å². The van der Waals surface area contributed by atoms with Gasteiger partial charge in [-0.3, -0.25) is 4.99 Å². The van der Waals surface area contributed by atoms with Crippen LogP contribution in [-0.4, -0.2) is 42.4 Å². The molecule has 0 bridgehead atoms. The van der Waals surface area contributed by atoms with E-state index in [-0.39, 0.29) is 30.1 Å². The highest BCUT2D eigenvalue weighted by atomic mass is 127. The van der Waals surface area contributed by atoms with Crippen LogP contribution in [-0.2, 0) is 0 Å². The fourth-order valence-electron chi connectivity index (χ4n) is 2.50. The minimum atomic E-state index is -0.592. The lowest BCUT2D eigenvalue weighted by Gasteiger charge is -2.35. The third-order valence-electron chi connectivity index (χ3n) is 4.14. The van der Waals surface area contributed by atoms with Gasteiger partial charge in [-0.25, -0.2) is 0 Å². The predicted octanol–water partition coefficient (Wildman–Crippen LogP) is 2.85. The summed E-state index contributed by atoms with van der Waals surface area (Å²) in [5, 5.41) is 16.6. The Kier molecular flexibility index (Phi) is 8.83. The zero-order valence-electron chi connectivity index (χ0n) is 14.8. The minimum Gasteiger partial charge on any atom is -0.489 e. The average molecular weight is 447 g/mol. The van der Waals surface area contributed by atoms with Gasteiger partial charge in [-0.05, 0) is 51.7 Å². The summed E-state index contributed by atoms with van der Waals surface area (Å²) < 4.78 is 5.96. The van der Waals surface area contributed by atoms with E-state index in [9.17, 15) is 5.11 Å². The SMILES string of the molecule is CCNC(=NCC1(O)CCC1)NCC(C)Oc1ccccc1C.I. The molecule has 1 aliphatic rings. The van der Waals surface area contributed by atoms with E-state index in [1.54, 1.807) is 0 Å². The number of halogens is 1. The van der Waals surface area contributed by atoms with Crippen LogP contribution in [0, 0.1) is 6.92 Å². The van der Waals surface area contributed by atoms with Crippen LogP contribution in [0.3, 0.4) is 0 Å². The Hall–Kier alpha value is -1.02. The highest BCUT2D eigenvalue weighted by Gasteiger charge is 2.34. The zero-order valence-corrected chi connectivity index (χ0v) is 17.2. The lowest BCUT2D eigenvalue weighted by Crippen LogP contribution is -2.45. The second-order valence-electron chi connectivity index (χ2n) is 6.35. The molecule has 1 saturated carbocycles. The molecule has 3 N–H and O–H groups in total. The van der Waals surface area contributed by atoms with Gasteiger partial charge in [0.25, 0.3) is 0 Å². The summed E-state index contributed by atoms with van der Waals surface area (Å²) >= 11 is 0. The van der Waals surface area contributed by atoms with E-state index < -0.39 is 5.60 Å². The fraction of sp³-hybridized carbons (Fsp3) is 0.611. The van der Waals surface area contributed by atoms with Crippen molar-refractivity contribution in [1.29, 1.82) is 0 Å². The van der Waals surface area contributed by atoms with Crippen molar-refractivity contribution in [2.45, 2.75) is 51.7 Å². The van der Waals surface area contributed by atoms with Gasteiger partial charge in [0.15, 0.2) is 5.96 Å². The number of aliphatic imine (C=N–C) groups is 1. The molecule has 1 unspecified atom stereocenters. The molecule has 0 radical (unpaired) electrons. The maximum absolute atomic E-state index is 10.1. The summed E-state index contributed by atoms with van der Waals surface area (Å²) in [7, 11) is 0. The Morgan fingerprint density at radius 1 is 1.33 bits per heavy atom. The van der Waals surface area contributed by atoms with Crippen LogP contribution >= 0.6 is 24.0 Å².